The van der Waals surface area contributed by atoms with Gasteiger partial charge in [-0.25, -0.2) is 4.39 Å². The van der Waals surface area contributed by atoms with E-state index in [1.54, 1.807) is 12.1 Å². The van der Waals surface area contributed by atoms with E-state index in [-0.39, 0.29) is 17.2 Å². The van der Waals surface area contributed by atoms with Crippen LogP contribution in [-0.4, -0.2) is 16.7 Å². The molecule has 0 fully saturated rings. The number of hydrogen-bond donors (Lipinski definition) is 2. The maximum atomic E-state index is 13.2. The summed E-state index contributed by atoms with van der Waals surface area (Å²) in [5.74, 6) is -0.327. The first kappa shape index (κ1) is 14.3. The standard InChI is InChI=1S/C14H11FN4O2S/c15-8-3-1-2-7(6-8)14-19-18-9(22-14)4-5-17-11-10(16)12(20)13(11)21/h1-3,6,17H,4-5,16H2. The molecule has 3 N–H and O–H groups in total. The van der Waals surface area contributed by atoms with Crippen LogP contribution in [0.4, 0.5) is 15.8 Å². The van der Waals surface area contributed by atoms with Gasteiger partial charge in [-0.3, -0.25) is 9.59 Å². The third-order valence-corrected chi connectivity index (χ3v) is 4.16. The first-order valence-corrected chi connectivity index (χ1v) is 7.29. The van der Waals surface area contributed by atoms with Gasteiger partial charge in [0.1, 0.15) is 27.2 Å². The molecule has 0 radical (unpaired) electrons. The fourth-order valence-corrected chi connectivity index (χ4v) is 2.81. The number of rotatable bonds is 5. The first-order chi connectivity index (χ1) is 10.6. The molecular formula is C14H11FN4O2S. The molecule has 0 spiro atoms. The zero-order valence-corrected chi connectivity index (χ0v) is 12.1. The molecule has 22 heavy (non-hydrogen) atoms. The minimum Gasteiger partial charge on any atom is -0.394 e. The van der Waals surface area contributed by atoms with Crippen LogP contribution in [0, 0.1) is 5.82 Å². The fourth-order valence-electron chi connectivity index (χ4n) is 1.97. The summed E-state index contributed by atoms with van der Waals surface area (Å²) in [5, 5.41) is 12.2. The number of anilines is 2. The highest BCUT2D eigenvalue weighted by molar-refractivity contribution is 7.14. The van der Waals surface area contributed by atoms with Crippen molar-refractivity contribution in [3.8, 4) is 10.6 Å². The number of nitrogens with one attached hydrogen (secondary N) is 1. The summed E-state index contributed by atoms with van der Waals surface area (Å²) in [5.41, 5.74) is 4.99. The zero-order valence-electron chi connectivity index (χ0n) is 11.3. The molecule has 3 aromatic rings. The van der Waals surface area contributed by atoms with E-state index in [1.165, 1.54) is 23.5 Å². The van der Waals surface area contributed by atoms with Crippen molar-refractivity contribution in [1.82, 2.24) is 10.2 Å². The van der Waals surface area contributed by atoms with Crippen molar-refractivity contribution < 1.29 is 4.39 Å². The van der Waals surface area contributed by atoms with Crippen LogP contribution < -0.4 is 21.9 Å². The number of hydrogen-bond acceptors (Lipinski definition) is 7. The van der Waals surface area contributed by atoms with E-state index >= 15 is 0 Å². The molecule has 1 heterocycles. The lowest BCUT2D eigenvalue weighted by Crippen LogP contribution is -2.37. The minimum atomic E-state index is -0.646. The first-order valence-electron chi connectivity index (χ1n) is 6.47. The molecule has 0 amide bonds. The smallest absolute Gasteiger partial charge is 0.253 e. The average Bonchev–Trinajstić information content (AvgIpc) is 2.99. The van der Waals surface area contributed by atoms with Gasteiger partial charge in [0.15, 0.2) is 0 Å². The predicted octanol–water partition coefficient (Wildman–Crippen LogP) is 1.18. The zero-order chi connectivity index (χ0) is 15.7. The number of nitrogen functional groups attached to an aromatic ring is 1. The monoisotopic (exact) mass is 318 g/mol. The summed E-state index contributed by atoms with van der Waals surface area (Å²) in [4.78, 5) is 22.2. The third-order valence-electron chi connectivity index (χ3n) is 3.13. The van der Waals surface area contributed by atoms with E-state index in [1.807, 2.05) is 0 Å². The van der Waals surface area contributed by atoms with Crippen LogP contribution in [0.3, 0.4) is 0 Å². The van der Waals surface area contributed by atoms with E-state index in [0.717, 1.165) is 5.01 Å². The van der Waals surface area contributed by atoms with Gasteiger partial charge in [-0.15, -0.1) is 10.2 Å². The molecule has 0 aliphatic heterocycles. The summed E-state index contributed by atoms with van der Waals surface area (Å²) < 4.78 is 13.2. The molecule has 2 aromatic carbocycles. The Bertz CT molecular complexity index is 898. The van der Waals surface area contributed by atoms with Crippen LogP contribution in [0.1, 0.15) is 5.01 Å². The van der Waals surface area contributed by atoms with Crippen molar-refractivity contribution in [2.75, 3.05) is 17.6 Å². The van der Waals surface area contributed by atoms with Crippen molar-refractivity contribution in [2.45, 2.75) is 6.42 Å². The Morgan fingerprint density at radius 3 is 2.77 bits per heavy atom. The Balaban J connectivity index is 1.63. The van der Waals surface area contributed by atoms with Crippen LogP contribution in [0.15, 0.2) is 33.9 Å². The molecule has 3 rings (SSSR count). The maximum absolute atomic E-state index is 13.2. The summed E-state index contributed by atoms with van der Waals surface area (Å²) >= 11 is 1.35. The molecule has 0 aliphatic carbocycles. The molecule has 0 aliphatic rings. The molecule has 0 bridgehead atoms. The van der Waals surface area contributed by atoms with E-state index < -0.39 is 10.9 Å². The molecule has 6 nitrogen and oxygen atoms in total. The van der Waals surface area contributed by atoms with Gasteiger partial charge in [0.05, 0.1) is 0 Å². The van der Waals surface area contributed by atoms with E-state index in [4.69, 9.17) is 5.73 Å². The molecule has 112 valence electrons. The minimum absolute atomic E-state index is 0.0253. The normalized spacial score (nSPS) is 11.0. The summed E-state index contributed by atoms with van der Waals surface area (Å²) in [7, 11) is 0. The Labute approximate surface area is 128 Å². The lowest BCUT2D eigenvalue weighted by atomic mass is 10.2. The maximum Gasteiger partial charge on any atom is 0.253 e. The highest BCUT2D eigenvalue weighted by atomic mass is 32.1. The number of halogens is 1. The molecule has 0 saturated carbocycles. The van der Waals surface area contributed by atoms with Gasteiger partial charge < -0.3 is 11.1 Å². The van der Waals surface area contributed by atoms with Gasteiger partial charge in [0.2, 0.25) is 0 Å². The van der Waals surface area contributed by atoms with Crippen LogP contribution in [0.25, 0.3) is 10.6 Å². The third kappa shape index (κ3) is 2.60. The van der Waals surface area contributed by atoms with Gasteiger partial charge in [-0.1, -0.05) is 23.5 Å². The Morgan fingerprint density at radius 1 is 1.23 bits per heavy atom. The second kappa shape index (κ2) is 5.64. The second-order valence-corrected chi connectivity index (χ2v) is 5.70. The van der Waals surface area contributed by atoms with E-state index in [0.29, 0.717) is 23.5 Å². The molecule has 8 heteroatoms. The molecule has 1 aromatic heterocycles. The van der Waals surface area contributed by atoms with Crippen LogP contribution in [-0.2, 0) is 6.42 Å². The van der Waals surface area contributed by atoms with Crippen molar-refractivity contribution >= 4 is 22.7 Å². The van der Waals surface area contributed by atoms with Crippen molar-refractivity contribution in [3.63, 3.8) is 0 Å². The molecule has 0 unspecified atom stereocenters. The molecule has 0 saturated heterocycles. The van der Waals surface area contributed by atoms with Crippen molar-refractivity contribution in [3.05, 3.63) is 55.5 Å². The predicted molar refractivity (Wildman–Crippen MR) is 83.3 cm³/mol. The van der Waals surface area contributed by atoms with Gasteiger partial charge in [0, 0.05) is 18.5 Å². The lowest BCUT2D eigenvalue weighted by molar-refractivity contribution is 0.628. The number of benzene rings is 1. The average molecular weight is 318 g/mol. The number of nitrogens with zero attached hydrogens (tertiary/aromatic N) is 2. The van der Waals surface area contributed by atoms with Crippen LogP contribution >= 0.6 is 11.3 Å². The highest BCUT2D eigenvalue weighted by Gasteiger charge is 2.17. The second-order valence-electron chi connectivity index (χ2n) is 4.64. The highest BCUT2D eigenvalue weighted by Crippen LogP contribution is 2.24. The summed E-state index contributed by atoms with van der Waals surface area (Å²) in [6.45, 7) is 0.410. The van der Waals surface area contributed by atoms with Gasteiger partial charge >= 0.3 is 0 Å². The lowest BCUT2D eigenvalue weighted by Gasteiger charge is -2.08. The fraction of sp³-hybridized carbons (Fsp3) is 0.143. The summed E-state index contributed by atoms with van der Waals surface area (Å²) in [6.07, 6.45) is 0.519. The summed E-state index contributed by atoms with van der Waals surface area (Å²) in [6, 6.07) is 6.13. The quantitative estimate of drug-likeness (QED) is 0.686. The number of aromatic nitrogens is 2. The Kier molecular flexibility index (Phi) is 3.68. The van der Waals surface area contributed by atoms with E-state index in [2.05, 4.69) is 15.5 Å². The van der Waals surface area contributed by atoms with Gasteiger partial charge in [-0.05, 0) is 12.1 Å². The van der Waals surface area contributed by atoms with Gasteiger partial charge in [0.25, 0.3) is 10.9 Å². The Hall–Kier alpha value is -2.61. The Morgan fingerprint density at radius 2 is 2.05 bits per heavy atom. The van der Waals surface area contributed by atoms with Crippen molar-refractivity contribution in [1.29, 1.82) is 0 Å². The van der Waals surface area contributed by atoms with Crippen LogP contribution in [0.5, 0.6) is 0 Å². The largest absolute Gasteiger partial charge is 0.394 e. The van der Waals surface area contributed by atoms with Crippen molar-refractivity contribution in [2.24, 2.45) is 0 Å². The van der Waals surface area contributed by atoms with E-state index in [9.17, 15) is 14.0 Å². The van der Waals surface area contributed by atoms with Gasteiger partial charge in [-0.2, -0.15) is 0 Å². The topological polar surface area (TPSA) is 98.0 Å². The molecular weight excluding hydrogens is 307 g/mol. The molecule has 0 atom stereocenters. The SMILES string of the molecule is Nc1c(NCCc2nnc(-c3cccc(F)c3)s2)c(=O)c1=O. The number of nitrogens with two attached hydrogens (primary N) is 1. The van der Waals surface area contributed by atoms with Crippen LogP contribution in [0.2, 0.25) is 0 Å².